The molecule has 0 aliphatic heterocycles. The number of hydrogen-bond acceptors (Lipinski definition) is 2. The fraction of sp³-hybridized carbons (Fsp3) is 0.0500. The summed E-state index contributed by atoms with van der Waals surface area (Å²) in [4.78, 5) is 4.57. The van der Waals surface area contributed by atoms with Gasteiger partial charge < -0.3 is 4.42 Å². The third-order valence-electron chi connectivity index (χ3n) is 3.83. The maximum Gasteiger partial charge on any atom is 0.226 e. The molecule has 0 unspecified atom stereocenters. The molecule has 3 aromatic carbocycles. The molecule has 0 radical (unpaired) electrons. The van der Waals surface area contributed by atoms with Crippen LogP contribution in [-0.4, -0.2) is 4.98 Å². The number of nitrogens with zero attached hydrogens (tertiary/aromatic N) is 1. The Hall–Kier alpha value is -2.87. The van der Waals surface area contributed by atoms with Crippen molar-refractivity contribution in [3.63, 3.8) is 0 Å². The van der Waals surface area contributed by atoms with E-state index in [4.69, 9.17) is 4.42 Å². The van der Waals surface area contributed by atoms with E-state index in [9.17, 15) is 0 Å². The highest BCUT2D eigenvalue weighted by molar-refractivity contribution is 5.86. The van der Waals surface area contributed by atoms with E-state index in [1.807, 2.05) is 37.3 Å². The fourth-order valence-electron chi connectivity index (χ4n) is 2.70. The van der Waals surface area contributed by atoms with Crippen LogP contribution in [-0.2, 0) is 0 Å². The molecule has 0 N–H and O–H groups in total. The molecule has 0 saturated heterocycles. The van der Waals surface area contributed by atoms with Gasteiger partial charge in [-0.25, -0.2) is 4.98 Å². The Morgan fingerprint density at radius 1 is 0.727 bits per heavy atom. The predicted octanol–water partition coefficient (Wildman–Crippen LogP) is 5.47. The van der Waals surface area contributed by atoms with Crippen LogP contribution >= 0.6 is 0 Å². The molecule has 0 spiro atoms. The molecule has 1 heterocycles. The van der Waals surface area contributed by atoms with Crippen LogP contribution in [0, 0.1) is 6.92 Å². The highest BCUT2D eigenvalue weighted by atomic mass is 16.4. The summed E-state index contributed by atoms with van der Waals surface area (Å²) in [5.74, 6) is 1.51. The van der Waals surface area contributed by atoms with Gasteiger partial charge in [-0.15, -0.1) is 0 Å². The van der Waals surface area contributed by atoms with Crippen LogP contribution in [0.4, 0.5) is 0 Å². The maximum absolute atomic E-state index is 6.02. The van der Waals surface area contributed by atoms with Gasteiger partial charge in [0.1, 0.15) is 0 Å². The van der Waals surface area contributed by atoms with Crippen LogP contribution in [0.15, 0.2) is 77.2 Å². The van der Waals surface area contributed by atoms with E-state index in [1.165, 1.54) is 10.8 Å². The van der Waals surface area contributed by atoms with Crippen molar-refractivity contribution < 1.29 is 4.42 Å². The van der Waals surface area contributed by atoms with Gasteiger partial charge in [-0.3, -0.25) is 0 Å². The summed E-state index contributed by atoms with van der Waals surface area (Å²) in [6.45, 7) is 1.99. The first-order valence-corrected chi connectivity index (χ1v) is 7.33. The zero-order valence-corrected chi connectivity index (χ0v) is 12.3. The Morgan fingerprint density at radius 2 is 1.45 bits per heavy atom. The van der Waals surface area contributed by atoms with Gasteiger partial charge in [0.2, 0.25) is 5.89 Å². The smallest absolute Gasteiger partial charge is 0.226 e. The normalized spacial score (nSPS) is 11.0. The average molecular weight is 285 g/mol. The van der Waals surface area contributed by atoms with Crippen molar-refractivity contribution in [1.29, 1.82) is 0 Å². The number of oxazole rings is 1. The number of aryl methyl sites for hydroxylation is 1. The average Bonchev–Trinajstić information content (AvgIpc) is 2.97. The zero-order valence-electron chi connectivity index (χ0n) is 12.3. The van der Waals surface area contributed by atoms with Crippen molar-refractivity contribution >= 4 is 10.8 Å². The molecule has 4 aromatic rings. The zero-order chi connectivity index (χ0) is 14.9. The molecule has 2 heteroatoms. The largest absolute Gasteiger partial charge is 0.436 e. The monoisotopic (exact) mass is 285 g/mol. The van der Waals surface area contributed by atoms with Crippen LogP contribution in [0.3, 0.4) is 0 Å². The predicted molar refractivity (Wildman–Crippen MR) is 89.6 cm³/mol. The van der Waals surface area contributed by atoms with E-state index in [2.05, 4.69) is 47.4 Å². The Morgan fingerprint density at radius 3 is 2.27 bits per heavy atom. The lowest BCUT2D eigenvalue weighted by molar-refractivity contribution is 0.588. The van der Waals surface area contributed by atoms with Gasteiger partial charge in [0.25, 0.3) is 0 Å². The van der Waals surface area contributed by atoms with Crippen molar-refractivity contribution in [1.82, 2.24) is 4.98 Å². The van der Waals surface area contributed by atoms with Gasteiger partial charge in [0, 0.05) is 11.1 Å². The Balaban J connectivity index is 1.83. The van der Waals surface area contributed by atoms with Crippen molar-refractivity contribution in [3.05, 3.63) is 78.5 Å². The second kappa shape index (κ2) is 5.15. The molecule has 0 saturated carbocycles. The van der Waals surface area contributed by atoms with Gasteiger partial charge >= 0.3 is 0 Å². The standard InChI is InChI=1S/C20H15NO/c1-14-19(22-20(21-14)16-8-3-2-4-9-16)18-12-11-15-7-5-6-10-17(15)13-18/h2-13H,1H3. The first-order chi connectivity index (χ1) is 10.8. The van der Waals surface area contributed by atoms with Crippen molar-refractivity contribution in [2.24, 2.45) is 0 Å². The number of benzene rings is 3. The Kier molecular flexibility index (Phi) is 3.01. The van der Waals surface area contributed by atoms with Gasteiger partial charge in [0.15, 0.2) is 5.76 Å². The minimum atomic E-state index is 0.668. The summed E-state index contributed by atoms with van der Waals surface area (Å²) in [7, 11) is 0. The van der Waals surface area contributed by atoms with Crippen LogP contribution in [0.1, 0.15) is 5.69 Å². The summed E-state index contributed by atoms with van der Waals surface area (Å²) in [5, 5.41) is 2.43. The van der Waals surface area contributed by atoms with Gasteiger partial charge in [0.05, 0.1) is 5.69 Å². The summed E-state index contributed by atoms with van der Waals surface area (Å²) in [6.07, 6.45) is 0. The molecular weight excluding hydrogens is 270 g/mol. The number of fused-ring (bicyclic) bond motifs is 1. The van der Waals surface area contributed by atoms with E-state index in [1.54, 1.807) is 0 Å². The van der Waals surface area contributed by atoms with E-state index in [0.717, 1.165) is 22.6 Å². The molecule has 0 aliphatic carbocycles. The Labute approximate surface area is 129 Å². The van der Waals surface area contributed by atoms with E-state index >= 15 is 0 Å². The van der Waals surface area contributed by atoms with E-state index in [0.29, 0.717) is 5.89 Å². The number of aromatic nitrogens is 1. The Bertz CT molecular complexity index is 938. The van der Waals surface area contributed by atoms with Crippen LogP contribution in [0.5, 0.6) is 0 Å². The highest BCUT2D eigenvalue weighted by Gasteiger charge is 2.13. The van der Waals surface area contributed by atoms with E-state index in [-0.39, 0.29) is 0 Å². The van der Waals surface area contributed by atoms with Gasteiger partial charge in [-0.2, -0.15) is 0 Å². The molecule has 22 heavy (non-hydrogen) atoms. The minimum absolute atomic E-state index is 0.668. The summed E-state index contributed by atoms with van der Waals surface area (Å²) < 4.78 is 6.02. The third-order valence-corrected chi connectivity index (χ3v) is 3.83. The third kappa shape index (κ3) is 2.19. The second-order valence-corrected chi connectivity index (χ2v) is 5.36. The summed E-state index contributed by atoms with van der Waals surface area (Å²) in [6, 6.07) is 24.7. The summed E-state index contributed by atoms with van der Waals surface area (Å²) >= 11 is 0. The molecule has 0 bridgehead atoms. The maximum atomic E-state index is 6.02. The van der Waals surface area contributed by atoms with Crippen LogP contribution in [0.25, 0.3) is 33.6 Å². The molecular formula is C20H15NO. The quantitative estimate of drug-likeness (QED) is 0.488. The lowest BCUT2D eigenvalue weighted by atomic mass is 10.1. The SMILES string of the molecule is Cc1nc(-c2ccccc2)oc1-c1ccc2ccccc2c1. The summed E-state index contributed by atoms with van der Waals surface area (Å²) in [5.41, 5.74) is 2.97. The van der Waals surface area contributed by atoms with E-state index < -0.39 is 0 Å². The molecule has 0 amide bonds. The molecule has 2 nitrogen and oxygen atoms in total. The molecule has 4 rings (SSSR count). The van der Waals surface area contributed by atoms with Crippen LogP contribution < -0.4 is 0 Å². The first kappa shape index (κ1) is 12.8. The molecule has 106 valence electrons. The van der Waals surface area contributed by atoms with Crippen molar-refractivity contribution in [2.45, 2.75) is 6.92 Å². The topological polar surface area (TPSA) is 26.0 Å². The molecule has 0 atom stereocenters. The molecule has 0 aliphatic rings. The van der Waals surface area contributed by atoms with Crippen LogP contribution in [0.2, 0.25) is 0 Å². The highest BCUT2D eigenvalue weighted by Crippen LogP contribution is 2.31. The first-order valence-electron chi connectivity index (χ1n) is 7.33. The fourth-order valence-corrected chi connectivity index (χ4v) is 2.70. The molecule has 0 fully saturated rings. The number of rotatable bonds is 2. The van der Waals surface area contributed by atoms with Gasteiger partial charge in [-0.05, 0) is 35.9 Å². The lowest BCUT2D eigenvalue weighted by Gasteiger charge is -2.01. The van der Waals surface area contributed by atoms with Gasteiger partial charge in [-0.1, -0.05) is 54.6 Å². The van der Waals surface area contributed by atoms with Crippen molar-refractivity contribution in [3.8, 4) is 22.8 Å². The molecule has 1 aromatic heterocycles. The van der Waals surface area contributed by atoms with Crippen molar-refractivity contribution in [2.75, 3.05) is 0 Å². The lowest BCUT2D eigenvalue weighted by Crippen LogP contribution is -1.80. The number of hydrogen-bond donors (Lipinski definition) is 0. The minimum Gasteiger partial charge on any atom is -0.436 e. The second-order valence-electron chi connectivity index (χ2n) is 5.36.